The Bertz CT molecular complexity index is 860. The summed E-state index contributed by atoms with van der Waals surface area (Å²) in [7, 11) is 3.26. The number of rotatable bonds is 6. The fraction of sp³-hybridized carbons (Fsp3) is 0.429. The lowest BCUT2D eigenvalue weighted by molar-refractivity contribution is -0.134. The van der Waals surface area contributed by atoms with Crippen molar-refractivity contribution < 1.29 is 14.3 Å². The number of benzene rings is 1. The van der Waals surface area contributed by atoms with Crippen molar-refractivity contribution in [2.24, 2.45) is 5.10 Å². The van der Waals surface area contributed by atoms with Crippen LogP contribution in [0.1, 0.15) is 35.7 Å². The molecule has 0 radical (unpaired) electrons. The van der Waals surface area contributed by atoms with Gasteiger partial charge < -0.3 is 9.47 Å². The number of hydrazone groups is 1. The number of nitrogens with zero attached hydrogens (tertiary/aromatic N) is 3. The topological polar surface area (TPSA) is 54.4 Å². The van der Waals surface area contributed by atoms with Gasteiger partial charge in [-0.25, -0.2) is 5.01 Å². The molecule has 2 aliphatic heterocycles. The van der Waals surface area contributed by atoms with Crippen LogP contribution < -0.4 is 9.47 Å². The van der Waals surface area contributed by atoms with Gasteiger partial charge in [0.15, 0.2) is 11.5 Å². The number of hydrogen-bond acceptors (Lipinski definition) is 6. The summed E-state index contributed by atoms with van der Waals surface area (Å²) >= 11 is 1.65. The van der Waals surface area contributed by atoms with E-state index in [1.54, 1.807) is 30.6 Å². The van der Waals surface area contributed by atoms with Crippen LogP contribution in [0.25, 0.3) is 0 Å². The second kappa shape index (κ2) is 8.32. The molecule has 1 aromatic carbocycles. The Labute approximate surface area is 169 Å². The summed E-state index contributed by atoms with van der Waals surface area (Å²) in [6, 6.07) is 9.67. The molecule has 2 aromatic rings. The van der Waals surface area contributed by atoms with Crippen molar-refractivity contribution in [3.8, 4) is 11.5 Å². The molecule has 7 heteroatoms. The third-order valence-electron chi connectivity index (χ3n) is 5.32. The van der Waals surface area contributed by atoms with Gasteiger partial charge in [-0.2, -0.15) is 5.10 Å². The van der Waals surface area contributed by atoms with Crippen LogP contribution in [-0.2, 0) is 4.79 Å². The van der Waals surface area contributed by atoms with Gasteiger partial charge in [0.2, 0.25) is 0 Å². The Morgan fingerprint density at radius 3 is 2.68 bits per heavy atom. The van der Waals surface area contributed by atoms with Crippen LogP contribution in [0, 0.1) is 0 Å². The molecule has 1 saturated heterocycles. The third kappa shape index (κ3) is 3.64. The first-order valence-corrected chi connectivity index (χ1v) is 10.5. The summed E-state index contributed by atoms with van der Waals surface area (Å²) in [4.78, 5) is 16.5. The van der Waals surface area contributed by atoms with Crippen LogP contribution in [-0.4, -0.2) is 55.4 Å². The van der Waals surface area contributed by atoms with E-state index in [9.17, 15) is 4.79 Å². The van der Waals surface area contributed by atoms with Crippen LogP contribution in [0.3, 0.4) is 0 Å². The Balaban J connectivity index is 1.67. The van der Waals surface area contributed by atoms with Crippen molar-refractivity contribution in [3.05, 3.63) is 46.2 Å². The lowest BCUT2D eigenvalue weighted by atomic mass is 9.99. The van der Waals surface area contributed by atoms with Crippen LogP contribution in [0.5, 0.6) is 11.5 Å². The van der Waals surface area contributed by atoms with Gasteiger partial charge in [-0.1, -0.05) is 18.2 Å². The number of methoxy groups -OCH3 is 2. The molecule has 0 N–H and O–H groups in total. The molecule has 28 heavy (non-hydrogen) atoms. The molecule has 6 nitrogen and oxygen atoms in total. The Hall–Kier alpha value is -2.38. The maximum Gasteiger partial charge on any atom is 0.257 e. The highest BCUT2D eigenvalue weighted by Crippen LogP contribution is 2.42. The van der Waals surface area contributed by atoms with Gasteiger partial charge in [0, 0.05) is 12.0 Å². The molecule has 0 aliphatic carbocycles. The highest BCUT2D eigenvalue weighted by Gasteiger charge is 2.36. The molecule has 1 fully saturated rings. The number of hydrogen-bond donors (Lipinski definition) is 0. The molecule has 2 aliphatic rings. The predicted octanol–water partition coefficient (Wildman–Crippen LogP) is 3.54. The van der Waals surface area contributed by atoms with Gasteiger partial charge in [0.1, 0.15) is 0 Å². The van der Waals surface area contributed by atoms with E-state index in [-0.39, 0.29) is 11.9 Å². The number of ether oxygens (including phenoxy) is 2. The van der Waals surface area contributed by atoms with Crippen molar-refractivity contribution in [2.45, 2.75) is 25.3 Å². The van der Waals surface area contributed by atoms with E-state index in [0.29, 0.717) is 24.5 Å². The Morgan fingerprint density at radius 1 is 1.18 bits per heavy atom. The number of carbonyl (C=O) groups excluding carboxylic acids is 1. The summed E-state index contributed by atoms with van der Waals surface area (Å²) in [6.45, 7) is 2.37. The van der Waals surface area contributed by atoms with E-state index in [0.717, 1.165) is 42.1 Å². The third-order valence-corrected chi connectivity index (χ3v) is 6.24. The first-order chi connectivity index (χ1) is 13.7. The van der Waals surface area contributed by atoms with Gasteiger partial charge in [0.05, 0.1) is 37.4 Å². The summed E-state index contributed by atoms with van der Waals surface area (Å²) < 4.78 is 11.1. The van der Waals surface area contributed by atoms with Crippen LogP contribution in [0.2, 0.25) is 0 Å². The molecule has 148 valence electrons. The number of thiophene rings is 1. The van der Waals surface area contributed by atoms with Crippen molar-refractivity contribution in [3.63, 3.8) is 0 Å². The fourth-order valence-corrected chi connectivity index (χ4v) is 4.67. The predicted molar refractivity (Wildman–Crippen MR) is 110 cm³/mol. The van der Waals surface area contributed by atoms with Gasteiger partial charge in [-0.3, -0.25) is 9.69 Å². The monoisotopic (exact) mass is 399 g/mol. The molecule has 0 spiro atoms. The van der Waals surface area contributed by atoms with Crippen molar-refractivity contribution in [1.29, 1.82) is 0 Å². The lowest BCUT2D eigenvalue weighted by Crippen LogP contribution is -2.37. The average Bonchev–Trinajstić information content (AvgIpc) is 3.47. The molecule has 0 saturated carbocycles. The highest BCUT2D eigenvalue weighted by atomic mass is 32.1. The van der Waals surface area contributed by atoms with E-state index in [1.165, 1.54) is 0 Å². The van der Waals surface area contributed by atoms with Crippen LogP contribution in [0.4, 0.5) is 0 Å². The number of amides is 1. The Kier molecular flexibility index (Phi) is 5.64. The van der Waals surface area contributed by atoms with E-state index >= 15 is 0 Å². The molecule has 1 aromatic heterocycles. The van der Waals surface area contributed by atoms with Gasteiger partial charge in [-0.15, -0.1) is 11.3 Å². The molecule has 3 heterocycles. The summed E-state index contributed by atoms with van der Waals surface area (Å²) in [5.41, 5.74) is 1.87. The number of para-hydroxylation sites is 1. The minimum absolute atomic E-state index is 0.0309. The van der Waals surface area contributed by atoms with Crippen molar-refractivity contribution in [2.75, 3.05) is 33.9 Å². The standard InChI is InChI=1S/C21H25N3O3S/c1-26-18-8-5-7-15(21(18)27-2)17-13-16(19-9-6-12-28-19)22-24(17)20(25)14-23-10-3-4-11-23/h5-9,12,17H,3-4,10-11,13-14H2,1-2H3. The van der Waals surface area contributed by atoms with Crippen LogP contribution >= 0.6 is 11.3 Å². The maximum atomic E-state index is 13.2. The summed E-state index contributed by atoms with van der Waals surface area (Å²) in [5.74, 6) is 1.36. The smallest absolute Gasteiger partial charge is 0.257 e. The zero-order valence-corrected chi connectivity index (χ0v) is 17.1. The maximum absolute atomic E-state index is 13.2. The summed E-state index contributed by atoms with van der Waals surface area (Å²) in [6.07, 6.45) is 2.98. The second-order valence-electron chi connectivity index (χ2n) is 7.05. The fourth-order valence-electron chi connectivity index (χ4n) is 3.95. The largest absolute Gasteiger partial charge is 0.493 e. The highest BCUT2D eigenvalue weighted by molar-refractivity contribution is 7.12. The molecule has 1 atom stereocenters. The number of carbonyl (C=O) groups is 1. The molecular formula is C21H25N3O3S. The Morgan fingerprint density at radius 2 is 2.00 bits per heavy atom. The summed E-state index contributed by atoms with van der Waals surface area (Å²) in [5, 5.41) is 8.44. The van der Waals surface area contributed by atoms with Crippen molar-refractivity contribution in [1.82, 2.24) is 9.91 Å². The zero-order chi connectivity index (χ0) is 19.5. The van der Waals surface area contributed by atoms with E-state index in [4.69, 9.17) is 14.6 Å². The first kappa shape index (κ1) is 19.0. The minimum Gasteiger partial charge on any atom is -0.493 e. The number of likely N-dealkylation sites (tertiary alicyclic amines) is 1. The van der Waals surface area contributed by atoms with Crippen LogP contribution in [0.15, 0.2) is 40.8 Å². The molecular weight excluding hydrogens is 374 g/mol. The quantitative estimate of drug-likeness (QED) is 0.746. The average molecular weight is 400 g/mol. The van der Waals surface area contributed by atoms with Gasteiger partial charge in [-0.05, 0) is 43.4 Å². The van der Waals surface area contributed by atoms with E-state index in [1.807, 2.05) is 29.6 Å². The normalized spacial score (nSPS) is 19.7. The molecule has 1 unspecified atom stereocenters. The SMILES string of the molecule is COc1cccc(C2CC(c3cccs3)=NN2C(=O)CN2CCCC2)c1OC. The minimum atomic E-state index is -0.197. The van der Waals surface area contributed by atoms with Gasteiger partial charge >= 0.3 is 0 Å². The van der Waals surface area contributed by atoms with E-state index < -0.39 is 0 Å². The molecule has 4 rings (SSSR count). The first-order valence-electron chi connectivity index (χ1n) is 9.58. The van der Waals surface area contributed by atoms with E-state index in [2.05, 4.69) is 11.0 Å². The molecule has 1 amide bonds. The second-order valence-corrected chi connectivity index (χ2v) is 8.00. The molecule has 0 bridgehead atoms. The lowest BCUT2D eigenvalue weighted by Gasteiger charge is -2.26. The zero-order valence-electron chi connectivity index (χ0n) is 16.3. The van der Waals surface area contributed by atoms with Gasteiger partial charge in [0.25, 0.3) is 5.91 Å². The van der Waals surface area contributed by atoms with Crippen molar-refractivity contribution >= 4 is 23.0 Å².